The summed E-state index contributed by atoms with van der Waals surface area (Å²) in [6, 6.07) is 0. The fourth-order valence-corrected chi connectivity index (χ4v) is 7.12. The topological polar surface area (TPSA) is 78.9 Å². The first-order chi connectivity index (χ1) is 35.0. The van der Waals surface area contributed by atoms with Crippen LogP contribution in [0.1, 0.15) is 226 Å². The van der Waals surface area contributed by atoms with Crippen molar-refractivity contribution in [1.82, 2.24) is 0 Å². The third-order valence-electron chi connectivity index (χ3n) is 11.3. The van der Waals surface area contributed by atoms with Gasteiger partial charge in [0, 0.05) is 19.3 Å². The van der Waals surface area contributed by atoms with E-state index < -0.39 is 6.10 Å². The summed E-state index contributed by atoms with van der Waals surface area (Å²) in [5.41, 5.74) is 0. The van der Waals surface area contributed by atoms with Crippen LogP contribution < -0.4 is 0 Å². The van der Waals surface area contributed by atoms with Crippen LogP contribution in [-0.2, 0) is 28.6 Å². The van der Waals surface area contributed by atoms with Gasteiger partial charge < -0.3 is 14.2 Å². The lowest BCUT2D eigenvalue weighted by molar-refractivity contribution is -0.167. The van der Waals surface area contributed by atoms with E-state index in [0.29, 0.717) is 19.3 Å². The van der Waals surface area contributed by atoms with Gasteiger partial charge in [-0.1, -0.05) is 218 Å². The zero-order valence-electron chi connectivity index (χ0n) is 45.4. The Labute approximate surface area is 436 Å². The van der Waals surface area contributed by atoms with Crippen molar-refractivity contribution in [1.29, 1.82) is 0 Å². The molecule has 71 heavy (non-hydrogen) atoms. The molecule has 0 rings (SSSR count). The Morgan fingerprint density at radius 2 is 0.549 bits per heavy atom. The molecule has 0 heterocycles. The van der Waals surface area contributed by atoms with Crippen molar-refractivity contribution in [2.45, 2.75) is 232 Å². The molecule has 0 aliphatic carbocycles. The average Bonchev–Trinajstić information content (AvgIpc) is 3.37. The van der Waals surface area contributed by atoms with Crippen LogP contribution in [0.15, 0.2) is 146 Å². The first-order valence-electron chi connectivity index (χ1n) is 28.3. The minimum Gasteiger partial charge on any atom is -0.462 e. The summed E-state index contributed by atoms with van der Waals surface area (Å²) in [6.45, 7) is 6.27. The van der Waals surface area contributed by atoms with Crippen LogP contribution in [0, 0.1) is 0 Å². The van der Waals surface area contributed by atoms with Crippen molar-refractivity contribution in [2.75, 3.05) is 13.2 Å². The van der Waals surface area contributed by atoms with Crippen LogP contribution in [0.2, 0.25) is 0 Å². The first kappa shape index (κ1) is 66.3. The molecule has 398 valence electrons. The van der Waals surface area contributed by atoms with Crippen LogP contribution in [0.3, 0.4) is 0 Å². The van der Waals surface area contributed by atoms with Gasteiger partial charge in [-0.15, -0.1) is 0 Å². The summed E-state index contributed by atoms with van der Waals surface area (Å²) < 4.78 is 16.8. The second kappa shape index (κ2) is 57.9. The van der Waals surface area contributed by atoms with Crippen LogP contribution in [0.25, 0.3) is 0 Å². The number of hydrogen-bond acceptors (Lipinski definition) is 6. The minimum atomic E-state index is -0.817. The van der Waals surface area contributed by atoms with Gasteiger partial charge >= 0.3 is 17.9 Å². The van der Waals surface area contributed by atoms with Crippen molar-refractivity contribution < 1.29 is 28.6 Å². The molecule has 0 saturated carbocycles. The molecule has 0 aromatic heterocycles. The predicted octanol–water partition coefficient (Wildman–Crippen LogP) is 19.2. The molecule has 6 heteroatoms. The quantitative estimate of drug-likeness (QED) is 0.0262. The summed E-state index contributed by atoms with van der Waals surface area (Å²) in [4.78, 5) is 38.2. The van der Waals surface area contributed by atoms with Crippen molar-refractivity contribution >= 4 is 17.9 Å². The molecule has 0 spiro atoms. The van der Waals surface area contributed by atoms with E-state index in [2.05, 4.69) is 167 Å². The van der Waals surface area contributed by atoms with E-state index in [1.54, 1.807) is 0 Å². The third kappa shape index (κ3) is 56.1. The lowest BCUT2D eigenvalue weighted by atomic mass is 10.1. The molecule has 0 saturated heterocycles. The molecule has 1 unspecified atom stereocenters. The maximum Gasteiger partial charge on any atom is 0.306 e. The lowest BCUT2D eigenvalue weighted by Gasteiger charge is -2.18. The Balaban J connectivity index is 4.52. The van der Waals surface area contributed by atoms with Crippen LogP contribution in [-0.4, -0.2) is 37.2 Å². The molecule has 0 radical (unpaired) electrons. The van der Waals surface area contributed by atoms with Gasteiger partial charge in [0.25, 0.3) is 0 Å². The van der Waals surface area contributed by atoms with Crippen LogP contribution in [0.4, 0.5) is 0 Å². The molecular formula is C65H102O6. The fraction of sp³-hybridized carbons (Fsp3) is 0.585. The van der Waals surface area contributed by atoms with Crippen LogP contribution in [0.5, 0.6) is 0 Å². The zero-order chi connectivity index (χ0) is 51.4. The molecule has 0 aromatic carbocycles. The second-order valence-electron chi connectivity index (χ2n) is 18.1. The Kier molecular flexibility index (Phi) is 54.0. The van der Waals surface area contributed by atoms with E-state index in [0.717, 1.165) is 173 Å². The SMILES string of the molecule is CC/C=C\C/C=C\C/C=C\C/C=C\C/C=C\CCCCCCCC(=O)OCC(COC(=O)CCCCCCC/C=C\C/C=C\CCC)OC(=O)CCCCC/C=C\C/C=C\C/C=C\C/C=C\C/C=C\CC. The van der Waals surface area contributed by atoms with Gasteiger partial charge in [-0.05, 0) is 135 Å². The number of allylic oxidation sites excluding steroid dienone is 24. The highest BCUT2D eigenvalue weighted by molar-refractivity contribution is 5.71. The largest absolute Gasteiger partial charge is 0.462 e. The van der Waals surface area contributed by atoms with Crippen LogP contribution >= 0.6 is 0 Å². The monoisotopic (exact) mass is 979 g/mol. The summed E-state index contributed by atoms with van der Waals surface area (Å²) >= 11 is 0. The molecule has 0 fully saturated rings. The normalized spacial score (nSPS) is 13.2. The van der Waals surface area contributed by atoms with Gasteiger partial charge in [-0.2, -0.15) is 0 Å². The number of unbranched alkanes of at least 4 members (excludes halogenated alkanes) is 14. The fourth-order valence-electron chi connectivity index (χ4n) is 7.12. The van der Waals surface area contributed by atoms with Gasteiger partial charge in [0.05, 0.1) is 0 Å². The molecule has 0 N–H and O–H groups in total. The van der Waals surface area contributed by atoms with Crippen molar-refractivity contribution in [3.63, 3.8) is 0 Å². The maximum absolute atomic E-state index is 12.9. The summed E-state index contributed by atoms with van der Waals surface area (Å²) in [7, 11) is 0. The van der Waals surface area contributed by atoms with Crippen molar-refractivity contribution in [2.24, 2.45) is 0 Å². The molecule has 0 amide bonds. The smallest absolute Gasteiger partial charge is 0.306 e. The Morgan fingerprint density at radius 1 is 0.296 bits per heavy atom. The number of ether oxygens (including phenoxy) is 3. The van der Waals surface area contributed by atoms with Crippen molar-refractivity contribution in [3.05, 3.63) is 146 Å². The summed E-state index contributed by atoms with van der Waals surface area (Å²) in [6.07, 6.45) is 82.6. The minimum absolute atomic E-state index is 0.111. The molecule has 6 nitrogen and oxygen atoms in total. The van der Waals surface area contributed by atoms with Gasteiger partial charge in [0.1, 0.15) is 13.2 Å². The van der Waals surface area contributed by atoms with Gasteiger partial charge in [-0.3, -0.25) is 14.4 Å². The average molecular weight is 980 g/mol. The Morgan fingerprint density at radius 3 is 0.873 bits per heavy atom. The number of hydrogen-bond donors (Lipinski definition) is 0. The molecular weight excluding hydrogens is 877 g/mol. The Hall–Kier alpha value is -4.71. The van der Waals surface area contributed by atoms with Gasteiger partial charge in [0.15, 0.2) is 6.10 Å². The first-order valence-corrected chi connectivity index (χ1v) is 28.3. The van der Waals surface area contributed by atoms with Crippen molar-refractivity contribution in [3.8, 4) is 0 Å². The van der Waals surface area contributed by atoms with E-state index in [1.807, 2.05) is 0 Å². The standard InChI is InChI=1S/C65H102O6/c1-4-7-10-13-16-19-22-25-27-29-31-32-34-35-37-40-43-46-49-52-55-58-64(67)70-61-62(60-69-63(66)57-54-51-48-45-42-39-24-21-18-15-12-9-6-3)71-65(68)59-56-53-50-47-44-41-38-36-33-30-28-26-23-20-17-14-11-8-5-2/h7-8,10-12,15-17,19-21,24-28,31-33,35-37,41,44,62H,4-6,9,13-14,18,22-23,29-30,34,38-40,42-43,45-61H2,1-3H3/b10-7-,11-8-,15-12-,19-16-,20-17-,24-21-,27-25-,28-26-,32-31-,36-33-,37-35-,44-41-. The summed E-state index contributed by atoms with van der Waals surface area (Å²) in [5.74, 6) is -0.984. The maximum atomic E-state index is 12.9. The molecule has 0 aliphatic heterocycles. The van der Waals surface area contributed by atoms with E-state index >= 15 is 0 Å². The molecule has 0 aliphatic rings. The lowest BCUT2D eigenvalue weighted by Crippen LogP contribution is -2.30. The summed E-state index contributed by atoms with van der Waals surface area (Å²) in [5, 5.41) is 0. The number of carbonyl (C=O) groups excluding carboxylic acids is 3. The Bertz CT molecular complexity index is 1590. The number of carbonyl (C=O) groups is 3. The van der Waals surface area contributed by atoms with Gasteiger partial charge in [-0.25, -0.2) is 0 Å². The van der Waals surface area contributed by atoms with Gasteiger partial charge in [0.2, 0.25) is 0 Å². The second-order valence-corrected chi connectivity index (χ2v) is 18.1. The third-order valence-corrected chi connectivity index (χ3v) is 11.3. The van der Waals surface area contributed by atoms with E-state index in [9.17, 15) is 14.4 Å². The number of esters is 3. The van der Waals surface area contributed by atoms with E-state index in [-0.39, 0.29) is 37.5 Å². The number of rotatable bonds is 49. The van der Waals surface area contributed by atoms with E-state index in [1.165, 1.54) is 6.42 Å². The van der Waals surface area contributed by atoms with E-state index in [4.69, 9.17) is 14.2 Å². The predicted molar refractivity (Wildman–Crippen MR) is 306 cm³/mol. The highest BCUT2D eigenvalue weighted by Crippen LogP contribution is 2.13. The zero-order valence-corrected chi connectivity index (χ0v) is 45.4. The highest BCUT2D eigenvalue weighted by atomic mass is 16.6. The molecule has 0 aromatic rings. The molecule has 1 atom stereocenters. The molecule has 0 bridgehead atoms. The highest BCUT2D eigenvalue weighted by Gasteiger charge is 2.19.